The highest BCUT2D eigenvalue weighted by Crippen LogP contribution is 2.19. The molecule has 0 aliphatic rings. The zero-order valence-corrected chi connectivity index (χ0v) is 7.90. The lowest BCUT2D eigenvalue weighted by molar-refractivity contribution is 0.415. The number of methoxy groups -OCH3 is 1. The van der Waals surface area contributed by atoms with Crippen LogP contribution in [-0.4, -0.2) is 12.1 Å². The average Bonchev–Trinajstić information content (AvgIpc) is 2.30. The molecular formula is C12H10NO. The molecule has 0 unspecified atom stereocenters. The second-order valence-corrected chi connectivity index (χ2v) is 2.87. The number of hydrogen-bond donors (Lipinski definition) is 0. The number of hydrogen-bond acceptors (Lipinski definition) is 2. The third-order valence-corrected chi connectivity index (χ3v) is 2.00. The Morgan fingerprint density at radius 2 is 1.93 bits per heavy atom. The van der Waals surface area contributed by atoms with Crippen molar-refractivity contribution in [1.29, 1.82) is 0 Å². The number of benzene rings is 1. The summed E-state index contributed by atoms with van der Waals surface area (Å²) in [5.74, 6) is 0.858. The molecule has 2 heteroatoms. The second kappa shape index (κ2) is 3.92. The molecule has 2 rings (SSSR count). The Kier molecular flexibility index (Phi) is 2.45. The number of nitrogens with zero attached hydrogens (tertiary/aromatic N) is 1. The lowest BCUT2D eigenvalue weighted by atomic mass is 10.1. The molecule has 0 saturated carbocycles. The van der Waals surface area contributed by atoms with Crippen molar-refractivity contribution in [2.45, 2.75) is 0 Å². The zero-order chi connectivity index (χ0) is 9.80. The zero-order valence-electron chi connectivity index (χ0n) is 7.90. The van der Waals surface area contributed by atoms with Crippen LogP contribution in [0, 0.1) is 6.07 Å². The van der Waals surface area contributed by atoms with E-state index in [1.165, 1.54) is 0 Å². The highest BCUT2D eigenvalue weighted by molar-refractivity contribution is 5.59. The molecule has 0 aliphatic heterocycles. The van der Waals surface area contributed by atoms with Crippen molar-refractivity contribution < 1.29 is 4.74 Å². The Morgan fingerprint density at radius 1 is 1.14 bits per heavy atom. The van der Waals surface area contributed by atoms with Crippen molar-refractivity contribution in [2.75, 3.05) is 7.11 Å². The van der Waals surface area contributed by atoms with E-state index in [1.807, 2.05) is 36.4 Å². The predicted octanol–water partition coefficient (Wildman–Crippen LogP) is 2.56. The van der Waals surface area contributed by atoms with Crippen LogP contribution in [0.1, 0.15) is 0 Å². The normalized spacial score (nSPS) is 9.79. The summed E-state index contributed by atoms with van der Waals surface area (Å²) in [7, 11) is 1.66. The van der Waals surface area contributed by atoms with E-state index in [4.69, 9.17) is 4.74 Å². The molecule has 0 aliphatic carbocycles. The fourth-order valence-corrected chi connectivity index (χ4v) is 1.25. The van der Waals surface area contributed by atoms with Crippen molar-refractivity contribution in [3.8, 4) is 17.0 Å². The molecule has 2 aromatic rings. The quantitative estimate of drug-likeness (QED) is 0.715. The summed E-state index contributed by atoms with van der Waals surface area (Å²) in [5.41, 5.74) is 2.03. The second-order valence-electron chi connectivity index (χ2n) is 2.87. The maximum atomic E-state index is 5.08. The largest absolute Gasteiger partial charge is 0.497 e. The molecular weight excluding hydrogens is 174 g/mol. The van der Waals surface area contributed by atoms with Gasteiger partial charge in [0.15, 0.2) is 0 Å². The summed E-state index contributed by atoms with van der Waals surface area (Å²) in [6, 6.07) is 14.5. The van der Waals surface area contributed by atoms with Gasteiger partial charge in [0.1, 0.15) is 5.75 Å². The van der Waals surface area contributed by atoms with E-state index in [-0.39, 0.29) is 0 Å². The van der Waals surface area contributed by atoms with E-state index >= 15 is 0 Å². The molecule has 0 N–H and O–H groups in total. The Balaban J connectivity index is 2.34. The molecule has 0 saturated heterocycles. The van der Waals surface area contributed by atoms with E-state index in [1.54, 1.807) is 13.3 Å². The van der Waals surface area contributed by atoms with Crippen molar-refractivity contribution in [2.24, 2.45) is 0 Å². The Hall–Kier alpha value is -1.83. The number of aromatic nitrogens is 1. The van der Waals surface area contributed by atoms with Crippen LogP contribution < -0.4 is 4.74 Å². The highest BCUT2D eigenvalue weighted by Gasteiger charge is 1.97. The van der Waals surface area contributed by atoms with Crippen molar-refractivity contribution in [3.63, 3.8) is 0 Å². The molecule has 1 aromatic heterocycles. The van der Waals surface area contributed by atoms with Gasteiger partial charge < -0.3 is 4.74 Å². The van der Waals surface area contributed by atoms with Crippen LogP contribution in [-0.2, 0) is 0 Å². The van der Waals surface area contributed by atoms with Gasteiger partial charge in [-0.05, 0) is 30.3 Å². The summed E-state index contributed by atoms with van der Waals surface area (Å²) in [6.07, 6.45) is 1.67. The van der Waals surface area contributed by atoms with Crippen LogP contribution in [0.15, 0.2) is 42.6 Å². The number of pyridine rings is 1. The molecule has 1 heterocycles. The smallest absolute Gasteiger partial charge is 0.118 e. The van der Waals surface area contributed by atoms with Gasteiger partial charge in [0.05, 0.1) is 12.8 Å². The number of rotatable bonds is 2. The molecule has 0 amide bonds. The van der Waals surface area contributed by atoms with E-state index in [0.29, 0.717) is 0 Å². The van der Waals surface area contributed by atoms with E-state index in [2.05, 4.69) is 11.1 Å². The lowest BCUT2D eigenvalue weighted by Gasteiger charge is -2.01. The van der Waals surface area contributed by atoms with Gasteiger partial charge in [-0.3, -0.25) is 4.98 Å². The molecule has 14 heavy (non-hydrogen) atoms. The molecule has 69 valence electrons. The average molecular weight is 184 g/mol. The van der Waals surface area contributed by atoms with Crippen LogP contribution in [0.4, 0.5) is 0 Å². The van der Waals surface area contributed by atoms with E-state index in [0.717, 1.165) is 17.0 Å². The van der Waals surface area contributed by atoms with Crippen molar-refractivity contribution in [1.82, 2.24) is 4.98 Å². The minimum Gasteiger partial charge on any atom is -0.497 e. The first-order chi connectivity index (χ1) is 6.90. The molecule has 1 aromatic carbocycles. The Labute approximate surface area is 83.2 Å². The SMILES string of the molecule is COc1ccc(-c2cc[c]cn2)cc1. The minimum atomic E-state index is 0.858. The number of ether oxygens (including phenoxy) is 1. The summed E-state index contributed by atoms with van der Waals surface area (Å²) in [5, 5.41) is 0. The third kappa shape index (κ3) is 1.74. The maximum absolute atomic E-state index is 5.08. The van der Waals surface area contributed by atoms with E-state index in [9.17, 15) is 0 Å². The van der Waals surface area contributed by atoms with Gasteiger partial charge >= 0.3 is 0 Å². The predicted molar refractivity (Wildman–Crippen MR) is 55.1 cm³/mol. The van der Waals surface area contributed by atoms with Gasteiger partial charge in [0, 0.05) is 17.8 Å². The van der Waals surface area contributed by atoms with Crippen LogP contribution in [0.5, 0.6) is 5.75 Å². The van der Waals surface area contributed by atoms with Gasteiger partial charge in [-0.2, -0.15) is 0 Å². The monoisotopic (exact) mass is 184 g/mol. The van der Waals surface area contributed by atoms with Crippen LogP contribution >= 0.6 is 0 Å². The van der Waals surface area contributed by atoms with Crippen molar-refractivity contribution >= 4 is 0 Å². The van der Waals surface area contributed by atoms with Gasteiger partial charge in [0.2, 0.25) is 0 Å². The molecule has 0 spiro atoms. The summed E-state index contributed by atoms with van der Waals surface area (Å²) >= 11 is 0. The lowest BCUT2D eigenvalue weighted by Crippen LogP contribution is -1.84. The molecule has 2 nitrogen and oxygen atoms in total. The topological polar surface area (TPSA) is 22.1 Å². The third-order valence-electron chi connectivity index (χ3n) is 2.00. The first-order valence-electron chi connectivity index (χ1n) is 4.36. The molecule has 1 radical (unpaired) electrons. The van der Waals surface area contributed by atoms with Gasteiger partial charge in [-0.25, -0.2) is 0 Å². The van der Waals surface area contributed by atoms with Crippen LogP contribution in [0.2, 0.25) is 0 Å². The van der Waals surface area contributed by atoms with Gasteiger partial charge in [-0.15, -0.1) is 0 Å². The first-order valence-corrected chi connectivity index (χ1v) is 4.36. The van der Waals surface area contributed by atoms with Crippen LogP contribution in [0.25, 0.3) is 11.3 Å². The van der Waals surface area contributed by atoms with Gasteiger partial charge in [0.25, 0.3) is 0 Å². The fourth-order valence-electron chi connectivity index (χ4n) is 1.25. The van der Waals surface area contributed by atoms with Crippen LogP contribution in [0.3, 0.4) is 0 Å². The molecule has 0 fully saturated rings. The standard InChI is InChI=1S/C12H10NO/c1-14-11-7-5-10(6-8-11)12-4-2-3-9-13-12/h2,4-9H,1H3. The summed E-state index contributed by atoms with van der Waals surface area (Å²) in [6.45, 7) is 0. The summed E-state index contributed by atoms with van der Waals surface area (Å²) < 4.78 is 5.08. The fraction of sp³-hybridized carbons (Fsp3) is 0.0833. The molecule has 0 bridgehead atoms. The molecule has 0 atom stereocenters. The minimum absolute atomic E-state index is 0.858. The maximum Gasteiger partial charge on any atom is 0.118 e. The Bertz CT molecular complexity index is 394. The summed E-state index contributed by atoms with van der Waals surface area (Å²) in [4.78, 5) is 4.21. The highest BCUT2D eigenvalue weighted by atomic mass is 16.5. The first kappa shape index (κ1) is 8.75. The van der Waals surface area contributed by atoms with E-state index < -0.39 is 0 Å². The van der Waals surface area contributed by atoms with Crippen molar-refractivity contribution in [3.05, 3.63) is 48.7 Å². The Morgan fingerprint density at radius 3 is 2.50 bits per heavy atom. The van der Waals surface area contributed by atoms with Gasteiger partial charge in [-0.1, -0.05) is 6.07 Å².